The summed E-state index contributed by atoms with van der Waals surface area (Å²) in [6.45, 7) is 5.56. The average Bonchev–Trinajstić information content (AvgIpc) is 3.39. The molecule has 3 rings (SSSR count). The van der Waals surface area contributed by atoms with Crippen LogP contribution in [0.1, 0.15) is 224 Å². The fourth-order valence-corrected chi connectivity index (χ4v) is 10.4. The zero-order valence-corrected chi connectivity index (χ0v) is 45.5. The van der Waals surface area contributed by atoms with Gasteiger partial charge in [0, 0.05) is 17.2 Å². The Labute approximate surface area is 439 Å². The van der Waals surface area contributed by atoms with Gasteiger partial charge >= 0.3 is 17.9 Å². The second-order valence-electron chi connectivity index (χ2n) is 20.0. The van der Waals surface area contributed by atoms with Crippen molar-refractivity contribution in [1.29, 1.82) is 0 Å². The largest absolute Gasteiger partial charge is 0.463 e. The molecule has 1 saturated heterocycles. The van der Waals surface area contributed by atoms with E-state index in [0.29, 0.717) is 12.0 Å². The number of carbonyl (C=O) groups excluding carboxylic acids is 4. The van der Waals surface area contributed by atoms with Crippen LogP contribution in [0.5, 0.6) is 0 Å². The lowest BCUT2D eigenvalue weighted by Crippen LogP contribution is -2.55. The van der Waals surface area contributed by atoms with Crippen molar-refractivity contribution in [2.45, 2.75) is 254 Å². The molecule has 0 aromatic heterocycles. The fourth-order valence-electron chi connectivity index (χ4n) is 9.15. The number of aliphatic hydroxyl groups is 2. The molecule has 2 aromatic rings. The first-order valence-corrected chi connectivity index (χ1v) is 29.3. The van der Waals surface area contributed by atoms with Gasteiger partial charge in [0.15, 0.2) is 0 Å². The second kappa shape index (κ2) is 40.6. The van der Waals surface area contributed by atoms with E-state index in [9.17, 15) is 29.4 Å². The third-order valence-electron chi connectivity index (χ3n) is 13.7. The van der Waals surface area contributed by atoms with Crippen LogP contribution in [0, 0.1) is 5.92 Å². The average molecular weight is 1020 g/mol. The molecule has 1 heterocycles. The van der Waals surface area contributed by atoms with Gasteiger partial charge in [-0.1, -0.05) is 229 Å². The summed E-state index contributed by atoms with van der Waals surface area (Å²) in [4.78, 5) is 53.5. The lowest BCUT2D eigenvalue weighted by Gasteiger charge is -2.42. The zero-order valence-electron chi connectivity index (χ0n) is 44.7. The molecule has 0 bridgehead atoms. The van der Waals surface area contributed by atoms with E-state index >= 15 is 0 Å². The normalized spacial score (nSPS) is 18.7. The maximum absolute atomic E-state index is 13.3. The number of esters is 3. The van der Waals surface area contributed by atoms with Gasteiger partial charge in [0.2, 0.25) is 5.91 Å². The molecular formula is C60H95NO10S. The number of hydrogen-bond acceptors (Lipinski definition) is 11. The van der Waals surface area contributed by atoms with Crippen LogP contribution in [0.15, 0.2) is 77.7 Å². The van der Waals surface area contributed by atoms with Gasteiger partial charge in [0.1, 0.15) is 30.4 Å². The highest BCUT2D eigenvalue weighted by Gasteiger charge is 2.46. The van der Waals surface area contributed by atoms with Gasteiger partial charge in [-0.2, -0.15) is 0 Å². The number of benzene rings is 2. The van der Waals surface area contributed by atoms with Crippen molar-refractivity contribution in [3.63, 3.8) is 0 Å². The molecule has 3 N–H and O–H groups in total. The minimum Gasteiger partial charge on any atom is -0.463 e. The van der Waals surface area contributed by atoms with E-state index in [0.717, 1.165) is 43.4 Å². The predicted octanol–water partition coefficient (Wildman–Crippen LogP) is 14.0. The van der Waals surface area contributed by atoms with E-state index in [2.05, 4.69) is 19.2 Å². The number of rotatable bonds is 42. The predicted molar refractivity (Wildman–Crippen MR) is 291 cm³/mol. The van der Waals surface area contributed by atoms with E-state index in [1.807, 2.05) is 42.5 Å². The number of ether oxygens (including phenoxy) is 4. The number of unbranched alkanes of at least 4 members (excludes halogenated alkanes) is 25. The Kier molecular flexibility index (Phi) is 35.3. The molecule has 11 nitrogen and oxygen atoms in total. The first-order chi connectivity index (χ1) is 35.2. The van der Waals surface area contributed by atoms with Crippen molar-refractivity contribution in [3.8, 4) is 0 Å². The quantitative estimate of drug-likeness (QED) is 0.0252. The van der Waals surface area contributed by atoms with Crippen molar-refractivity contribution in [1.82, 2.24) is 5.32 Å². The highest BCUT2D eigenvalue weighted by atomic mass is 32.2. The van der Waals surface area contributed by atoms with Gasteiger partial charge in [0.25, 0.3) is 0 Å². The van der Waals surface area contributed by atoms with Crippen molar-refractivity contribution >= 4 is 35.6 Å². The monoisotopic (exact) mass is 1020 g/mol. The van der Waals surface area contributed by atoms with E-state index in [1.165, 1.54) is 147 Å². The Hall–Kier alpha value is -3.71. The minimum atomic E-state index is -1.13. The molecule has 2 aromatic carbocycles. The van der Waals surface area contributed by atoms with Gasteiger partial charge in [-0.25, -0.2) is 4.79 Å². The molecule has 1 fully saturated rings. The molecule has 406 valence electrons. The van der Waals surface area contributed by atoms with Crippen LogP contribution in [-0.4, -0.2) is 83.1 Å². The molecule has 2 unspecified atom stereocenters. The molecule has 1 aliphatic heterocycles. The smallest absolute Gasteiger partial charge is 0.338 e. The summed E-state index contributed by atoms with van der Waals surface area (Å²) in [5.41, 5.74) is -0.345. The van der Waals surface area contributed by atoms with Gasteiger partial charge in [0.05, 0.1) is 37.2 Å². The van der Waals surface area contributed by atoms with Crippen LogP contribution in [0.3, 0.4) is 0 Å². The summed E-state index contributed by atoms with van der Waals surface area (Å²) in [6.07, 6.45) is 32.6. The Bertz CT molecular complexity index is 1730. The number of amides is 1. The summed E-state index contributed by atoms with van der Waals surface area (Å²) >= 11 is 1.35. The van der Waals surface area contributed by atoms with Gasteiger partial charge in [-0.3, -0.25) is 14.4 Å². The van der Waals surface area contributed by atoms with E-state index in [4.69, 9.17) is 18.9 Å². The Morgan fingerprint density at radius 3 is 1.67 bits per heavy atom. The Balaban J connectivity index is 1.48. The molecule has 0 radical (unpaired) electrons. The third-order valence-corrected chi connectivity index (χ3v) is 14.9. The van der Waals surface area contributed by atoms with Crippen LogP contribution < -0.4 is 5.32 Å². The highest BCUT2D eigenvalue weighted by Crippen LogP contribution is 2.38. The molecule has 1 amide bonds. The maximum atomic E-state index is 13.3. The lowest BCUT2D eigenvalue weighted by atomic mass is 9.91. The lowest BCUT2D eigenvalue weighted by molar-refractivity contribution is -0.188. The number of hydrogen-bond donors (Lipinski definition) is 3. The van der Waals surface area contributed by atoms with E-state index in [-0.39, 0.29) is 25.4 Å². The molecule has 1 aliphatic rings. The standard InChI is InChI=1S/C60H95NO10S/c1-4-6-8-10-12-14-16-18-19-21-23-25-27-29-37-43-54(63)61-51(46-62)52(42-36-28-26-24-22-20-17-15-13-11-9-7-5-2)69-56(65)45-44-55(64)68-47-53-57(66)48(3)58(71-59(67)49-38-32-30-33-39-49)60(70-53)72-50-40-34-31-35-41-50/h30-36,38-42,48,51-53,57-58,60,62,66H,4-29,37,43-47H2,1-3H3,(H,61,63)/b42-36+/t48-,51-,52+,53?,57+,58?,60-/m0/s1. The molecule has 0 saturated carbocycles. The molecule has 0 spiro atoms. The summed E-state index contributed by atoms with van der Waals surface area (Å²) in [5, 5.41) is 24.7. The number of thioether (sulfide) groups is 1. The molecule has 7 atom stereocenters. The SMILES string of the molecule is CCCCCCCCCCCCC/C=C/[C@@H](OC(=O)CCC(=O)OCC1O[C@@H](Sc2ccccc2)C(OC(=O)c2ccccc2)[C@@H](C)[C@H]1O)[C@H](CO)NC(=O)CCCCCCCCCCCCCCCCC. The van der Waals surface area contributed by atoms with E-state index in [1.54, 1.807) is 37.3 Å². The highest BCUT2D eigenvalue weighted by molar-refractivity contribution is 7.99. The van der Waals surface area contributed by atoms with Gasteiger partial charge in [-0.15, -0.1) is 0 Å². The summed E-state index contributed by atoms with van der Waals surface area (Å²) in [6, 6.07) is 17.3. The van der Waals surface area contributed by atoms with Crippen molar-refractivity contribution < 1.29 is 48.3 Å². The fraction of sp³-hybridized carbons (Fsp3) is 0.700. The van der Waals surface area contributed by atoms with Crippen LogP contribution in [0.4, 0.5) is 0 Å². The number of aliphatic hydroxyl groups excluding tert-OH is 2. The van der Waals surface area contributed by atoms with Crippen LogP contribution in [0.25, 0.3) is 0 Å². The van der Waals surface area contributed by atoms with Gasteiger partial charge < -0.3 is 34.5 Å². The minimum absolute atomic E-state index is 0.196. The topological polar surface area (TPSA) is 158 Å². The number of nitrogens with one attached hydrogen (secondary N) is 1. The van der Waals surface area contributed by atoms with Crippen molar-refractivity contribution in [2.75, 3.05) is 13.2 Å². The Morgan fingerprint density at radius 1 is 0.653 bits per heavy atom. The summed E-state index contributed by atoms with van der Waals surface area (Å²) in [7, 11) is 0. The molecular weight excluding hydrogens is 927 g/mol. The summed E-state index contributed by atoms with van der Waals surface area (Å²) in [5.74, 6) is -2.66. The van der Waals surface area contributed by atoms with E-state index < -0.39 is 66.3 Å². The summed E-state index contributed by atoms with van der Waals surface area (Å²) < 4.78 is 23.6. The first kappa shape index (κ1) is 62.6. The molecule has 12 heteroatoms. The molecule has 72 heavy (non-hydrogen) atoms. The van der Waals surface area contributed by atoms with Crippen molar-refractivity contribution in [2.24, 2.45) is 5.92 Å². The first-order valence-electron chi connectivity index (χ1n) is 28.4. The number of carbonyl (C=O) groups is 4. The second-order valence-corrected chi connectivity index (χ2v) is 21.2. The zero-order chi connectivity index (χ0) is 51.9. The van der Waals surface area contributed by atoms with Crippen LogP contribution in [0.2, 0.25) is 0 Å². The maximum Gasteiger partial charge on any atom is 0.338 e. The number of allylic oxidation sites excluding steroid dienone is 1. The van der Waals surface area contributed by atoms with Gasteiger partial charge in [-0.05, 0) is 49.6 Å². The van der Waals surface area contributed by atoms with Crippen LogP contribution >= 0.6 is 11.8 Å². The van der Waals surface area contributed by atoms with Crippen LogP contribution in [-0.2, 0) is 33.3 Å². The van der Waals surface area contributed by atoms with Crippen molar-refractivity contribution in [3.05, 3.63) is 78.4 Å². The Morgan fingerprint density at radius 2 is 1.14 bits per heavy atom. The third kappa shape index (κ3) is 28.1. The molecule has 0 aliphatic carbocycles.